The number of benzene rings is 1. The summed E-state index contributed by atoms with van der Waals surface area (Å²) in [5.41, 5.74) is 6.52. The van der Waals surface area contributed by atoms with E-state index < -0.39 is 0 Å². The van der Waals surface area contributed by atoms with Crippen LogP contribution in [-0.4, -0.2) is 32.7 Å². The van der Waals surface area contributed by atoms with Crippen LogP contribution in [0.3, 0.4) is 0 Å². The van der Waals surface area contributed by atoms with Crippen molar-refractivity contribution in [3.05, 3.63) is 76.1 Å². The number of carbonyl (C=O) groups excluding carboxylic acids is 1. The van der Waals surface area contributed by atoms with Crippen LogP contribution in [-0.2, 0) is 14.9 Å². The fourth-order valence-corrected chi connectivity index (χ4v) is 5.95. The van der Waals surface area contributed by atoms with E-state index in [4.69, 9.17) is 14.2 Å². The van der Waals surface area contributed by atoms with Gasteiger partial charge in [0.1, 0.15) is 11.5 Å². The molecule has 0 saturated carbocycles. The van der Waals surface area contributed by atoms with Gasteiger partial charge in [-0.05, 0) is 78.0 Å². The Hall–Kier alpha value is -2.59. The van der Waals surface area contributed by atoms with E-state index in [1.54, 1.807) is 7.11 Å². The molecule has 0 spiro atoms. The molecule has 200 valence electrons. The standard InChI is InChI=1S/C33H44O4/c1-9-37-25-18-26(20(2)3)29-14-23(21(4)27(29)19-25)17-31(34)24-15-28(22-10-12-36-13-11-22)32(35-8)30(16-24)33(5,6)7/h14-16,18-20,22-23,27H,4,9-13,17H2,1-3,5-8H3. The van der Waals surface area contributed by atoms with Crippen molar-refractivity contribution in [1.29, 1.82) is 0 Å². The third-order valence-electron chi connectivity index (χ3n) is 8.00. The molecular formula is C33H44O4. The average Bonchev–Trinajstić information content (AvgIpc) is 3.17. The fraction of sp³-hybridized carbons (Fsp3) is 0.545. The highest BCUT2D eigenvalue weighted by molar-refractivity contribution is 5.97. The summed E-state index contributed by atoms with van der Waals surface area (Å²) in [6.07, 6.45) is 8.93. The van der Waals surface area contributed by atoms with Crippen molar-refractivity contribution in [3.8, 4) is 5.75 Å². The minimum Gasteiger partial charge on any atom is -0.496 e. The van der Waals surface area contributed by atoms with E-state index in [1.165, 1.54) is 11.1 Å². The van der Waals surface area contributed by atoms with Gasteiger partial charge in [-0.1, -0.05) is 52.8 Å². The summed E-state index contributed by atoms with van der Waals surface area (Å²) in [6.45, 7) is 19.6. The van der Waals surface area contributed by atoms with Crippen LogP contribution in [0, 0.1) is 17.8 Å². The Bertz CT molecular complexity index is 1140. The zero-order valence-electron chi connectivity index (χ0n) is 23.8. The largest absolute Gasteiger partial charge is 0.496 e. The van der Waals surface area contributed by atoms with Crippen molar-refractivity contribution in [2.75, 3.05) is 26.9 Å². The van der Waals surface area contributed by atoms with E-state index in [1.807, 2.05) is 6.92 Å². The molecule has 1 aromatic carbocycles. The van der Waals surface area contributed by atoms with E-state index in [2.05, 4.69) is 71.6 Å². The lowest BCUT2D eigenvalue weighted by molar-refractivity contribution is 0.0847. The van der Waals surface area contributed by atoms with Gasteiger partial charge in [0.15, 0.2) is 5.78 Å². The molecule has 0 N–H and O–H groups in total. The highest BCUT2D eigenvalue weighted by Gasteiger charge is 2.36. The number of allylic oxidation sites excluding steroid dienone is 6. The molecule has 1 saturated heterocycles. The maximum atomic E-state index is 13.9. The number of ether oxygens (including phenoxy) is 3. The number of carbonyl (C=O) groups is 1. The number of hydrogen-bond acceptors (Lipinski definition) is 4. The number of ketones is 1. The molecule has 2 unspecified atom stereocenters. The van der Waals surface area contributed by atoms with E-state index in [9.17, 15) is 4.79 Å². The third kappa shape index (κ3) is 5.65. The van der Waals surface area contributed by atoms with Gasteiger partial charge in [0.25, 0.3) is 0 Å². The van der Waals surface area contributed by atoms with Crippen molar-refractivity contribution in [2.24, 2.45) is 17.8 Å². The highest BCUT2D eigenvalue weighted by atomic mass is 16.5. The summed E-state index contributed by atoms with van der Waals surface area (Å²) in [6, 6.07) is 4.16. The second-order valence-electron chi connectivity index (χ2n) is 11.9. The molecule has 4 nitrogen and oxygen atoms in total. The lowest BCUT2D eigenvalue weighted by atomic mass is 9.79. The smallest absolute Gasteiger partial charge is 0.163 e. The van der Waals surface area contributed by atoms with Crippen LogP contribution in [0.2, 0.25) is 0 Å². The van der Waals surface area contributed by atoms with Crippen LogP contribution in [0.15, 0.2) is 59.4 Å². The van der Waals surface area contributed by atoms with Gasteiger partial charge in [-0.2, -0.15) is 0 Å². The summed E-state index contributed by atoms with van der Waals surface area (Å²) in [4.78, 5) is 13.9. The quantitative estimate of drug-likeness (QED) is 0.269. The number of fused-ring (bicyclic) bond motifs is 1. The maximum absolute atomic E-state index is 13.9. The minimum absolute atomic E-state index is 0.0126. The lowest BCUT2D eigenvalue weighted by Gasteiger charge is -2.29. The first-order valence-corrected chi connectivity index (χ1v) is 13.8. The molecule has 1 heterocycles. The minimum atomic E-state index is -0.146. The van der Waals surface area contributed by atoms with Crippen LogP contribution < -0.4 is 4.74 Å². The van der Waals surface area contributed by atoms with Crippen molar-refractivity contribution in [1.82, 2.24) is 0 Å². The Labute approximate surface area is 223 Å². The van der Waals surface area contributed by atoms with E-state index >= 15 is 0 Å². The predicted molar refractivity (Wildman–Crippen MR) is 150 cm³/mol. The molecule has 0 amide bonds. The molecule has 2 aliphatic carbocycles. The Morgan fingerprint density at radius 2 is 1.86 bits per heavy atom. The number of methoxy groups -OCH3 is 1. The van der Waals surface area contributed by atoms with E-state index in [0.717, 1.165) is 59.8 Å². The number of Topliss-reactive ketones (excluding diaryl/α,β-unsaturated/α-hetero) is 1. The van der Waals surface area contributed by atoms with Crippen LogP contribution in [0.5, 0.6) is 5.75 Å². The topological polar surface area (TPSA) is 44.8 Å². The third-order valence-corrected chi connectivity index (χ3v) is 8.00. The molecule has 1 fully saturated rings. The van der Waals surface area contributed by atoms with Gasteiger partial charge in [0, 0.05) is 42.6 Å². The van der Waals surface area contributed by atoms with Crippen molar-refractivity contribution >= 4 is 5.78 Å². The Morgan fingerprint density at radius 1 is 1.16 bits per heavy atom. The van der Waals surface area contributed by atoms with Gasteiger partial charge in [-0.15, -0.1) is 0 Å². The van der Waals surface area contributed by atoms with Crippen LogP contribution in [0.1, 0.15) is 88.2 Å². The summed E-state index contributed by atoms with van der Waals surface area (Å²) in [7, 11) is 1.75. The van der Waals surface area contributed by atoms with Gasteiger partial charge in [0.2, 0.25) is 0 Å². The summed E-state index contributed by atoms with van der Waals surface area (Å²) >= 11 is 0. The molecule has 0 bridgehead atoms. The van der Waals surface area contributed by atoms with Crippen LogP contribution in [0.25, 0.3) is 0 Å². The van der Waals surface area contributed by atoms with Crippen LogP contribution >= 0.6 is 0 Å². The first kappa shape index (κ1) is 27.4. The lowest BCUT2D eigenvalue weighted by Crippen LogP contribution is -2.20. The zero-order chi connectivity index (χ0) is 26.9. The SMILES string of the molecule is C=C1C(CC(=O)c2cc(C3CCOCC3)c(OC)c(C(C)(C)C)c2)C=C2C(C(C)C)=CC(OCC)=CC12. The van der Waals surface area contributed by atoms with Crippen molar-refractivity contribution < 1.29 is 19.0 Å². The number of hydrogen-bond donors (Lipinski definition) is 0. The molecule has 1 aliphatic heterocycles. The molecule has 37 heavy (non-hydrogen) atoms. The predicted octanol–water partition coefficient (Wildman–Crippen LogP) is 7.70. The van der Waals surface area contributed by atoms with Gasteiger partial charge in [-0.3, -0.25) is 4.79 Å². The van der Waals surface area contributed by atoms with E-state index in [0.29, 0.717) is 24.9 Å². The molecule has 4 heteroatoms. The molecule has 4 rings (SSSR count). The van der Waals surface area contributed by atoms with E-state index in [-0.39, 0.29) is 23.0 Å². The van der Waals surface area contributed by atoms with Gasteiger partial charge in [-0.25, -0.2) is 0 Å². The normalized spacial score (nSPS) is 22.4. The average molecular weight is 505 g/mol. The Balaban J connectivity index is 1.67. The zero-order valence-corrected chi connectivity index (χ0v) is 23.8. The van der Waals surface area contributed by atoms with Crippen molar-refractivity contribution in [3.63, 3.8) is 0 Å². The summed E-state index contributed by atoms with van der Waals surface area (Å²) < 4.78 is 17.5. The molecule has 2 atom stereocenters. The second-order valence-corrected chi connectivity index (χ2v) is 11.9. The first-order chi connectivity index (χ1) is 17.5. The maximum Gasteiger partial charge on any atom is 0.163 e. The molecular weight excluding hydrogens is 460 g/mol. The van der Waals surface area contributed by atoms with Gasteiger partial charge in [0.05, 0.1) is 13.7 Å². The Morgan fingerprint density at radius 3 is 2.46 bits per heavy atom. The fourth-order valence-electron chi connectivity index (χ4n) is 5.95. The second kappa shape index (κ2) is 11.0. The first-order valence-electron chi connectivity index (χ1n) is 13.8. The van der Waals surface area contributed by atoms with Crippen molar-refractivity contribution in [2.45, 2.75) is 72.1 Å². The monoisotopic (exact) mass is 504 g/mol. The molecule has 0 aromatic heterocycles. The van der Waals surface area contributed by atoms with Crippen LogP contribution in [0.4, 0.5) is 0 Å². The highest BCUT2D eigenvalue weighted by Crippen LogP contribution is 2.47. The molecule has 3 aliphatic rings. The van der Waals surface area contributed by atoms with Gasteiger partial charge >= 0.3 is 0 Å². The molecule has 1 aromatic rings. The van der Waals surface area contributed by atoms with Gasteiger partial charge < -0.3 is 14.2 Å². The molecule has 0 radical (unpaired) electrons. The summed E-state index contributed by atoms with van der Waals surface area (Å²) in [5, 5.41) is 0. The Kier molecular flexibility index (Phi) is 8.18. The summed E-state index contributed by atoms with van der Waals surface area (Å²) in [5.74, 6) is 2.83. The number of rotatable bonds is 8.